The Labute approximate surface area is 241 Å². The fraction of sp³-hybridized carbons (Fsp3) is 0.267. The summed E-state index contributed by atoms with van der Waals surface area (Å²) in [4.78, 5) is 18.6. The number of ether oxygens (including phenoxy) is 3. The summed E-state index contributed by atoms with van der Waals surface area (Å²) >= 11 is 2.13. The molecule has 4 rings (SSSR count). The minimum Gasteiger partial charge on any atom is -0.496 e. The average Bonchev–Trinajstić information content (AvgIpc) is 2.92. The van der Waals surface area contributed by atoms with Crippen LogP contribution >= 0.6 is 22.6 Å². The van der Waals surface area contributed by atoms with Crippen molar-refractivity contribution in [3.8, 4) is 34.7 Å². The Hall–Kier alpha value is -3.91. The number of fused-ring (bicyclic) bond motifs is 1. The van der Waals surface area contributed by atoms with E-state index in [0.717, 1.165) is 26.0 Å². The molecule has 0 unspecified atom stereocenters. The van der Waals surface area contributed by atoms with Gasteiger partial charge >= 0.3 is 0 Å². The largest absolute Gasteiger partial charge is 0.496 e. The van der Waals surface area contributed by atoms with Crippen LogP contribution in [0.5, 0.6) is 17.2 Å². The minimum absolute atomic E-state index is 0.0927. The Kier molecular flexibility index (Phi) is 8.86. The van der Waals surface area contributed by atoms with Crippen LogP contribution in [0, 0.1) is 21.8 Å². The summed E-state index contributed by atoms with van der Waals surface area (Å²) in [6.45, 7) is 8.36. The van der Waals surface area contributed by atoms with E-state index in [9.17, 15) is 4.79 Å². The van der Waals surface area contributed by atoms with Gasteiger partial charge in [0.2, 0.25) is 0 Å². The zero-order chi connectivity index (χ0) is 28.1. The smallest absolute Gasteiger partial charge is 0.282 e. The molecule has 3 aromatic carbocycles. The molecule has 200 valence electrons. The SMILES string of the molecule is CCOc1cc(C=Nn2c(-c3cc(C(C)C)c(OC)cc3C)nc3ccccc3c2=O)cc(I)c1OCC#N. The van der Waals surface area contributed by atoms with Crippen molar-refractivity contribution in [3.05, 3.63) is 79.1 Å². The quantitative estimate of drug-likeness (QED) is 0.158. The maximum atomic E-state index is 13.7. The molecular weight excluding hydrogens is 607 g/mol. The van der Waals surface area contributed by atoms with Crippen LogP contribution in [-0.4, -0.2) is 36.2 Å². The number of hydrogen-bond acceptors (Lipinski definition) is 7. The molecule has 0 radical (unpaired) electrons. The summed E-state index contributed by atoms with van der Waals surface area (Å²) in [5.74, 6) is 2.42. The summed E-state index contributed by atoms with van der Waals surface area (Å²) in [6.07, 6.45) is 1.60. The third-order valence-electron chi connectivity index (χ3n) is 6.13. The highest BCUT2D eigenvalue weighted by Crippen LogP contribution is 2.35. The van der Waals surface area contributed by atoms with Crippen LogP contribution in [0.1, 0.15) is 43.4 Å². The van der Waals surface area contributed by atoms with E-state index in [1.807, 2.05) is 56.3 Å². The number of aromatic nitrogens is 2. The molecule has 0 aliphatic rings. The van der Waals surface area contributed by atoms with E-state index in [0.29, 0.717) is 40.4 Å². The third kappa shape index (κ3) is 5.91. The van der Waals surface area contributed by atoms with E-state index in [4.69, 9.17) is 24.5 Å². The Bertz CT molecular complexity index is 1650. The third-order valence-corrected chi connectivity index (χ3v) is 6.93. The predicted octanol–water partition coefficient (Wildman–Crippen LogP) is 6.29. The van der Waals surface area contributed by atoms with Crippen LogP contribution in [0.25, 0.3) is 22.3 Å². The fourth-order valence-corrected chi connectivity index (χ4v) is 5.05. The van der Waals surface area contributed by atoms with Crippen LogP contribution in [-0.2, 0) is 0 Å². The van der Waals surface area contributed by atoms with Crippen molar-refractivity contribution in [3.63, 3.8) is 0 Å². The van der Waals surface area contributed by atoms with Gasteiger partial charge in [0.15, 0.2) is 23.9 Å². The van der Waals surface area contributed by atoms with Gasteiger partial charge in [-0.25, -0.2) is 4.98 Å². The first-order valence-electron chi connectivity index (χ1n) is 12.5. The van der Waals surface area contributed by atoms with E-state index in [-0.39, 0.29) is 18.1 Å². The van der Waals surface area contributed by atoms with Crippen molar-refractivity contribution in [2.45, 2.75) is 33.6 Å². The van der Waals surface area contributed by atoms with Gasteiger partial charge in [-0.2, -0.15) is 15.0 Å². The van der Waals surface area contributed by atoms with Gasteiger partial charge in [0.25, 0.3) is 5.56 Å². The van der Waals surface area contributed by atoms with Crippen molar-refractivity contribution >= 4 is 39.7 Å². The molecule has 0 atom stereocenters. The molecule has 0 fully saturated rings. The first kappa shape index (κ1) is 28.1. The van der Waals surface area contributed by atoms with Crippen molar-refractivity contribution in [2.75, 3.05) is 20.3 Å². The Balaban J connectivity index is 1.92. The van der Waals surface area contributed by atoms with Crippen molar-refractivity contribution in [2.24, 2.45) is 5.10 Å². The molecule has 0 amide bonds. The summed E-state index contributed by atoms with van der Waals surface area (Å²) < 4.78 is 19.1. The lowest BCUT2D eigenvalue weighted by molar-refractivity contribution is 0.297. The van der Waals surface area contributed by atoms with E-state index >= 15 is 0 Å². The normalized spacial score (nSPS) is 11.2. The highest BCUT2D eigenvalue weighted by atomic mass is 127. The van der Waals surface area contributed by atoms with E-state index in [1.54, 1.807) is 25.5 Å². The van der Waals surface area contributed by atoms with Gasteiger partial charge in [-0.1, -0.05) is 26.0 Å². The Morgan fingerprint density at radius 1 is 1.15 bits per heavy atom. The van der Waals surface area contributed by atoms with Gasteiger partial charge < -0.3 is 14.2 Å². The predicted molar refractivity (Wildman–Crippen MR) is 161 cm³/mol. The summed E-state index contributed by atoms with van der Waals surface area (Å²) in [5.41, 5.74) is 3.74. The van der Waals surface area contributed by atoms with Gasteiger partial charge in [-0.3, -0.25) is 4.79 Å². The molecule has 4 aromatic rings. The molecule has 0 saturated carbocycles. The van der Waals surface area contributed by atoms with Gasteiger partial charge in [-0.15, -0.1) is 0 Å². The maximum absolute atomic E-state index is 13.7. The van der Waals surface area contributed by atoms with Gasteiger partial charge in [0.1, 0.15) is 11.8 Å². The molecule has 39 heavy (non-hydrogen) atoms. The van der Waals surface area contributed by atoms with E-state index < -0.39 is 0 Å². The number of rotatable bonds is 9. The highest BCUT2D eigenvalue weighted by Gasteiger charge is 2.19. The lowest BCUT2D eigenvalue weighted by Gasteiger charge is -2.17. The Morgan fingerprint density at radius 2 is 1.92 bits per heavy atom. The molecule has 1 heterocycles. The lowest BCUT2D eigenvalue weighted by Crippen LogP contribution is -2.21. The van der Waals surface area contributed by atoms with Crippen LogP contribution in [0.4, 0.5) is 0 Å². The zero-order valence-corrected chi connectivity index (χ0v) is 24.6. The first-order chi connectivity index (χ1) is 18.8. The molecule has 9 heteroatoms. The van der Waals surface area contributed by atoms with Crippen LogP contribution in [0.3, 0.4) is 0 Å². The summed E-state index contributed by atoms with van der Waals surface area (Å²) in [5, 5.41) is 14.0. The number of halogens is 1. The van der Waals surface area contributed by atoms with E-state index in [1.165, 1.54) is 4.68 Å². The second-order valence-electron chi connectivity index (χ2n) is 9.09. The monoisotopic (exact) mass is 636 g/mol. The van der Waals surface area contributed by atoms with Gasteiger partial charge in [0, 0.05) is 5.56 Å². The number of methoxy groups -OCH3 is 1. The molecule has 0 spiro atoms. The molecular formula is C30H29IN4O4. The zero-order valence-electron chi connectivity index (χ0n) is 22.5. The molecule has 0 saturated heterocycles. The minimum atomic E-state index is -0.276. The summed E-state index contributed by atoms with van der Waals surface area (Å²) in [7, 11) is 1.66. The van der Waals surface area contributed by atoms with Crippen molar-refractivity contribution < 1.29 is 14.2 Å². The van der Waals surface area contributed by atoms with Crippen LogP contribution < -0.4 is 19.8 Å². The number of benzene rings is 3. The summed E-state index contributed by atoms with van der Waals surface area (Å²) in [6, 6.07) is 16.9. The molecule has 0 bridgehead atoms. The van der Waals surface area contributed by atoms with Gasteiger partial charge in [0.05, 0.1) is 34.4 Å². The van der Waals surface area contributed by atoms with E-state index in [2.05, 4.69) is 41.5 Å². The average molecular weight is 636 g/mol. The van der Waals surface area contributed by atoms with Crippen LogP contribution in [0.2, 0.25) is 0 Å². The second kappa shape index (κ2) is 12.3. The first-order valence-corrected chi connectivity index (χ1v) is 13.6. The van der Waals surface area contributed by atoms with Gasteiger partial charge in [-0.05, 0) is 95.4 Å². The molecule has 8 nitrogen and oxygen atoms in total. The second-order valence-corrected chi connectivity index (χ2v) is 10.2. The molecule has 0 aliphatic carbocycles. The lowest BCUT2D eigenvalue weighted by atomic mass is 9.96. The highest BCUT2D eigenvalue weighted by molar-refractivity contribution is 14.1. The molecule has 0 aliphatic heterocycles. The topological polar surface area (TPSA) is 98.7 Å². The van der Waals surface area contributed by atoms with Crippen molar-refractivity contribution in [1.82, 2.24) is 9.66 Å². The van der Waals surface area contributed by atoms with Crippen molar-refractivity contribution in [1.29, 1.82) is 5.26 Å². The Morgan fingerprint density at radius 3 is 2.62 bits per heavy atom. The molecule has 0 N–H and O–H groups in total. The van der Waals surface area contributed by atoms with Crippen LogP contribution in [0.15, 0.2) is 58.4 Å². The molecule has 1 aromatic heterocycles. The number of para-hydroxylation sites is 1. The fourth-order valence-electron chi connectivity index (χ4n) is 4.27. The number of nitrogens with zero attached hydrogens (tertiary/aromatic N) is 4. The standard InChI is InChI=1S/C30H29IN4O4/c1-6-38-27-15-20(14-24(31)28(27)39-12-11-32)17-33-35-29(34-25-10-8-7-9-21(25)30(35)36)23-16-22(18(2)3)26(37-5)13-19(23)4/h7-10,13-18H,6,12H2,1-5H3. The number of nitriles is 1. The maximum Gasteiger partial charge on any atom is 0.282 e. The number of aryl methyl sites for hydroxylation is 1. The number of hydrogen-bond donors (Lipinski definition) is 0.